The first-order valence-electron chi connectivity index (χ1n) is 10.5. The summed E-state index contributed by atoms with van der Waals surface area (Å²) in [5.74, 6) is -1.26. The molecule has 0 aliphatic heterocycles. The monoisotopic (exact) mass is 434 g/mol. The molecule has 166 valence electrons. The Bertz CT molecular complexity index is 1120. The van der Waals surface area contributed by atoms with Crippen LogP contribution in [0, 0.1) is 0 Å². The third kappa shape index (κ3) is 5.11. The Morgan fingerprint density at radius 3 is 2.38 bits per heavy atom. The molecule has 32 heavy (non-hydrogen) atoms. The van der Waals surface area contributed by atoms with Crippen LogP contribution < -0.4 is 0 Å². The lowest BCUT2D eigenvalue weighted by Gasteiger charge is -2.09. The summed E-state index contributed by atoms with van der Waals surface area (Å²) in [5, 5.41) is 0. The Labute approximate surface area is 186 Å². The third-order valence-corrected chi connectivity index (χ3v) is 4.97. The number of Topliss-reactive ketones (excluding diaryl/α,β-unsaturated/α-hetero) is 1. The summed E-state index contributed by atoms with van der Waals surface area (Å²) in [6.45, 7) is 4.10. The van der Waals surface area contributed by atoms with E-state index in [9.17, 15) is 14.4 Å². The van der Waals surface area contributed by atoms with Crippen LogP contribution in [0.2, 0.25) is 0 Å². The van der Waals surface area contributed by atoms with Crippen molar-refractivity contribution in [3.8, 4) is 11.1 Å². The second kappa shape index (κ2) is 10.5. The van der Waals surface area contributed by atoms with E-state index in [0.29, 0.717) is 23.4 Å². The molecular weight excluding hydrogens is 408 g/mol. The molecule has 0 saturated heterocycles. The predicted octanol–water partition coefficient (Wildman–Crippen LogP) is 4.15. The number of rotatable bonds is 9. The first-order valence-corrected chi connectivity index (χ1v) is 10.5. The minimum absolute atomic E-state index is 0.284. The minimum Gasteiger partial charge on any atom is -0.463 e. The Morgan fingerprint density at radius 1 is 1.00 bits per heavy atom. The summed E-state index contributed by atoms with van der Waals surface area (Å²) in [5.41, 5.74) is 3.71. The first-order chi connectivity index (χ1) is 15.5. The lowest BCUT2D eigenvalue weighted by molar-refractivity contribution is -0.135. The van der Waals surface area contributed by atoms with Gasteiger partial charge in [-0.25, -0.2) is 14.6 Å². The number of carbonyl (C=O) groups is 3. The Morgan fingerprint density at radius 2 is 1.72 bits per heavy atom. The van der Waals surface area contributed by atoms with Crippen LogP contribution >= 0.6 is 0 Å². The van der Waals surface area contributed by atoms with Crippen LogP contribution in [0.5, 0.6) is 0 Å². The van der Waals surface area contributed by atoms with Crippen LogP contribution in [0.1, 0.15) is 58.2 Å². The van der Waals surface area contributed by atoms with E-state index < -0.39 is 17.7 Å². The molecule has 0 amide bonds. The highest BCUT2D eigenvalue weighted by molar-refractivity contribution is 6.41. The number of hydrogen-bond donors (Lipinski definition) is 1. The molecule has 0 saturated carbocycles. The molecule has 7 heteroatoms. The van der Waals surface area contributed by atoms with Gasteiger partial charge in [-0.05, 0) is 30.0 Å². The number of carbonyl (C=O) groups excluding carboxylic acids is 3. The topological polar surface area (TPSA) is 98.3 Å². The normalized spacial score (nSPS) is 10.6. The molecule has 0 aliphatic carbocycles. The lowest BCUT2D eigenvalue weighted by Crippen LogP contribution is -2.16. The van der Waals surface area contributed by atoms with E-state index in [1.165, 1.54) is 7.11 Å². The van der Waals surface area contributed by atoms with Gasteiger partial charge >= 0.3 is 11.9 Å². The number of ether oxygens (including phenoxy) is 2. The van der Waals surface area contributed by atoms with Crippen molar-refractivity contribution < 1.29 is 23.9 Å². The molecule has 0 bridgehead atoms. The van der Waals surface area contributed by atoms with Crippen LogP contribution in [0.15, 0.2) is 48.5 Å². The summed E-state index contributed by atoms with van der Waals surface area (Å²) in [4.78, 5) is 44.1. The van der Waals surface area contributed by atoms with Crippen molar-refractivity contribution in [1.29, 1.82) is 0 Å². The van der Waals surface area contributed by atoms with E-state index in [1.807, 2.05) is 37.3 Å². The van der Waals surface area contributed by atoms with Crippen molar-refractivity contribution in [2.45, 2.75) is 33.1 Å². The quantitative estimate of drug-likeness (QED) is 0.309. The number of hydrogen-bond acceptors (Lipinski definition) is 6. The number of methoxy groups -OCH3 is 1. The van der Waals surface area contributed by atoms with Crippen molar-refractivity contribution in [2.24, 2.45) is 0 Å². The molecule has 0 unspecified atom stereocenters. The highest BCUT2D eigenvalue weighted by Gasteiger charge is 2.21. The fourth-order valence-corrected chi connectivity index (χ4v) is 3.46. The van der Waals surface area contributed by atoms with Crippen LogP contribution in [-0.2, 0) is 27.1 Å². The molecule has 7 nitrogen and oxygen atoms in total. The molecule has 3 aromatic rings. The molecule has 1 heterocycles. The number of esters is 2. The van der Waals surface area contributed by atoms with E-state index in [2.05, 4.69) is 14.7 Å². The van der Waals surface area contributed by atoms with Crippen LogP contribution in [-0.4, -0.2) is 41.4 Å². The van der Waals surface area contributed by atoms with E-state index >= 15 is 0 Å². The van der Waals surface area contributed by atoms with Gasteiger partial charge in [-0.3, -0.25) is 4.79 Å². The average molecular weight is 434 g/mol. The van der Waals surface area contributed by atoms with Gasteiger partial charge in [0.25, 0.3) is 5.78 Å². The maximum absolute atomic E-state index is 12.4. The molecule has 0 radical (unpaired) electrons. The van der Waals surface area contributed by atoms with Crippen molar-refractivity contribution in [3.63, 3.8) is 0 Å². The number of aromatic nitrogens is 2. The molecule has 3 rings (SSSR count). The highest BCUT2D eigenvalue weighted by Crippen LogP contribution is 2.26. The summed E-state index contributed by atoms with van der Waals surface area (Å²) < 4.78 is 9.72. The second-order valence-corrected chi connectivity index (χ2v) is 7.22. The average Bonchev–Trinajstić information content (AvgIpc) is 3.21. The Kier molecular flexibility index (Phi) is 7.54. The van der Waals surface area contributed by atoms with E-state index in [-0.39, 0.29) is 12.2 Å². The number of nitrogens with one attached hydrogen (secondary N) is 1. The lowest BCUT2D eigenvalue weighted by atomic mass is 9.95. The summed E-state index contributed by atoms with van der Waals surface area (Å²) >= 11 is 0. The third-order valence-electron chi connectivity index (χ3n) is 4.97. The maximum atomic E-state index is 12.4. The number of nitrogens with zero attached hydrogens (tertiary/aromatic N) is 1. The van der Waals surface area contributed by atoms with Gasteiger partial charge in [0.2, 0.25) is 0 Å². The first kappa shape index (κ1) is 22.9. The van der Waals surface area contributed by atoms with Gasteiger partial charge in [0.1, 0.15) is 5.82 Å². The number of ketones is 1. The summed E-state index contributed by atoms with van der Waals surface area (Å²) in [7, 11) is 1.18. The number of benzene rings is 2. The second-order valence-electron chi connectivity index (χ2n) is 7.22. The van der Waals surface area contributed by atoms with Gasteiger partial charge in [-0.1, -0.05) is 55.5 Å². The van der Waals surface area contributed by atoms with Crippen molar-refractivity contribution in [3.05, 3.63) is 76.9 Å². The highest BCUT2D eigenvalue weighted by atomic mass is 16.5. The van der Waals surface area contributed by atoms with Gasteiger partial charge in [-0.15, -0.1) is 0 Å². The van der Waals surface area contributed by atoms with Gasteiger partial charge < -0.3 is 14.5 Å². The molecule has 0 fully saturated rings. The van der Waals surface area contributed by atoms with Crippen molar-refractivity contribution >= 4 is 17.7 Å². The Hall–Kier alpha value is -3.74. The zero-order valence-corrected chi connectivity index (χ0v) is 18.4. The molecule has 0 spiro atoms. The standard InChI is InChI=1S/C25H26N2O5/c1-4-8-21-26-20(22(27-21)24(29)32-5-2)15-16-11-13-17(14-12-16)18-9-6-7-10-19(18)23(28)25(30)31-3/h6-7,9-14H,4-5,8,15H2,1-3H3,(H,26,27). The van der Waals surface area contributed by atoms with Gasteiger partial charge in [-0.2, -0.15) is 0 Å². The molecular formula is C25H26N2O5. The van der Waals surface area contributed by atoms with Gasteiger partial charge in [0.15, 0.2) is 5.69 Å². The van der Waals surface area contributed by atoms with Crippen LogP contribution in [0.25, 0.3) is 11.1 Å². The largest absolute Gasteiger partial charge is 0.463 e. The zero-order chi connectivity index (χ0) is 23.1. The Balaban J connectivity index is 1.88. The fourth-order valence-electron chi connectivity index (χ4n) is 3.46. The smallest absolute Gasteiger partial charge is 0.379 e. The van der Waals surface area contributed by atoms with Crippen molar-refractivity contribution in [1.82, 2.24) is 9.97 Å². The van der Waals surface area contributed by atoms with Crippen LogP contribution in [0.4, 0.5) is 0 Å². The number of H-pyrrole nitrogens is 1. The van der Waals surface area contributed by atoms with E-state index in [4.69, 9.17) is 4.74 Å². The van der Waals surface area contributed by atoms with E-state index in [1.54, 1.807) is 25.1 Å². The number of imidazole rings is 1. The van der Waals surface area contributed by atoms with Crippen LogP contribution in [0.3, 0.4) is 0 Å². The molecule has 1 N–H and O–H groups in total. The minimum atomic E-state index is -0.900. The van der Waals surface area contributed by atoms with Crippen molar-refractivity contribution in [2.75, 3.05) is 13.7 Å². The van der Waals surface area contributed by atoms with Gasteiger partial charge in [0, 0.05) is 18.4 Å². The number of aromatic amines is 1. The molecule has 2 aromatic carbocycles. The molecule has 0 aliphatic rings. The zero-order valence-electron chi connectivity index (χ0n) is 18.4. The van der Waals surface area contributed by atoms with E-state index in [0.717, 1.165) is 29.8 Å². The molecule has 0 atom stereocenters. The maximum Gasteiger partial charge on any atom is 0.379 e. The SMILES string of the molecule is CCCc1nc(C(=O)OCC)c(Cc2ccc(-c3ccccc3C(=O)C(=O)OC)cc2)[nH]1. The predicted molar refractivity (Wildman–Crippen MR) is 120 cm³/mol. The summed E-state index contributed by atoms with van der Waals surface area (Å²) in [6, 6.07) is 14.5. The fraction of sp³-hybridized carbons (Fsp3) is 0.280. The molecule has 1 aromatic heterocycles. The van der Waals surface area contributed by atoms with Gasteiger partial charge in [0.05, 0.1) is 19.4 Å². The summed E-state index contributed by atoms with van der Waals surface area (Å²) in [6.07, 6.45) is 2.14. The number of aryl methyl sites for hydroxylation is 1.